The summed E-state index contributed by atoms with van der Waals surface area (Å²) in [5.74, 6) is -0.371. The first-order valence-corrected chi connectivity index (χ1v) is 17.6. The average molecular weight is 692 g/mol. The molecule has 4 aromatic rings. The zero-order valence-corrected chi connectivity index (χ0v) is 29.3. The summed E-state index contributed by atoms with van der Waals surface area (Å²) < 4.78 is 40.8. The van der Waals surface area contributed by atoms with Crippen molar-refractivity contribution in [1.82, 2.24) is 10.2 Å². The second-order valence-electron chi connectivity index (χ2n) is 11.3. The van der Waals surface area contributed by atoms with Crippen LogP contribution in [0.25, 0.3) is 0 Å². The number of carbonyl (C=O) groups excluding carboxylic acids is 2. The van der Waals surface area contributed by atoms with Crippen LogP contribution >= 0.6 is 11.6 Å². The molecule has 0 saturated carbocycles. The molecule has 0 aliphatic heterocycles. The van der Waals surface area contributed by atoms with Gasteiger partial charge in [-0.05, 0) is 54.8 Å². The Morgan fingerprint density at radius 3 is 2.23 bits per heavy atom. The average Bonchev–Trinajstić information content (AvgIpc) is 3.09. The molecule has 9 nitrogen and oxygen atoms in total. The Kier molecular flexibility index (Phi) is 12.9. The molecule has 1 unspecified atom stereocenters. The van der Waals surface area contributed by atoms with Crippen molar-refractivity contribution in [3.8, 4) is 11.5 Å². The molecule has 0 aliphatic carbocycles. The highest BCUT2D eigenvalue weighted by Gasteiger charge is 2.36. The highest BCUT2D eigenvalue weighted by Crippen LogP contribution is 2.36. The molecule has 254 valence electrons. The third-order valence-corrected chi connectivity index (χ3v) is 10.1. The SMILES string of the molecule is CCCCNC(=O)C(Cc1ccccc1)N(Cc1ccccc1Cl)C(=O)CN(c1cc(OC)ccc1OC)S(=O)(=O)c1ccc(C)cc1. The topological polar surface area (TPSA) is 105 Å². The zero-order chi connectivity index (χ0) is 34.7. The van der Waals surface area contributed by atoms with Gasteiger partial charge in [0.05, 0.1) is 24.8 Å². The van der Waals surface area contributed by atoms with Crippen molar-refractivity contribution in [2.45, 2.75) is 50.6 Å². The third-order valence-electron chi connectivity index (χ3n) is 7.94. The lowest BCUT2D eigenvalue weighted by Crippen LogP contribution is -2.53. The number of anilines is 1. The first-order chi connectivity index (χ1) is 23.1. The van der Waals surface area contributed by atoms with E-state index in [-0.39, 0.29) is 35.2 Å². The first kappa shape index (κ1) is 36.3. The first-order valence-electron chi connectivity index (χ1n) is 15.7. The molecule has 0 aromatic heterocycles. The van der Waals surface area contributed by atoms with Crippen LogP contribution in [0.5, 0.6) is 11.5 Å². The third kappa shape index (κ3) is 9.08. The van der Waals surface area contributed by atoms with Gasteiger partial charge >= 0.3 is 0 Å². The fourth-order valence-corrected chi connectivity index (χ4v) is 6.82. The predicted molar refractivity (Wildman–Crippen MR) is 189 cm³/mol. The van der Waals surface area contributed by atoms with Crippen molar-refractivity contribution >= 4 is 39.1 Å². The normalized spacial score (nSPS) is 11.8. The molecule has 11 heteroatoms. The predicted octanol–water partition coefficient (Wildman–Crippen LogP) is 6.42. The number of methoxy groups -OCH3 is 2. The Bertz CT molecular complexity index is 1780. The quantitative estimate of drug-likeness (QED) is 0.136. The van der Waals surface area contributed by atoms with Crippen LogP contribution in [-0.4, -0.2) is 58.5 Å². The molecule has 2 amide bonds. The van der Waals surface area contributed by atoms with Gasteiger partial charge < -0.3 is 19.7 Å². The second kappa shape index (κ2) is 17.0. The summed E-state index contributed by atoms with van der Waals surface area (Å²) in [6, 6.07) is 26.6. The van der Waals surface area contributed by atoms with E-state index in [4.69, 9.17) is 21.1 Å². The molecule has 0 heterocycles. The van der Waals surface area contributed by atoms with Crippen LogP contribution in [0.2, 0.25) is 5.02 Å². The minimum atomic E-state index is -4.34. The van der Waals surface area contributed by atoms with Gasteiger partial charge in [0, 0.05) is 30.6 Å². The van der Waals surface area contributed by atoms with Crippen molar-refractivity contribution in [2.75, 3.05) is 31.6 Å². The summed E-state index contributed by atoms with van der Waals surface area (Å²) in [6.07, 6.45) is 1.84. The number of carbonyl (C=O) groups is 2. The van der Waals surface area contributed by atoms with Gasteiger partial charge in [-0.15, -0.1) is 0 Å². The number of hydrogen-bond donors (Lipinski definition) is 1. The number of hydrogen-bond acceptors (Lipinski definition) is 6. The Labute approximate surface area is 288 Å². The number of halogens is 1. The fraction of sp³-hybridized carbons (Fsp3) is 0.297. The molecule has 0 radical (unpaired) electrons. The van der Waals surface area contributed by atoms with E-state index in [9.17, 15) is 18.0 Å². The van der Waals surface area contributed by atoms with Crippen LogP contribution in [0, 0.1) is 6.92 Å². The van der Waals surface area contributed by atoms with E-state index in [1.54, 1.807) is 48.5 Å². The van der Waals surface area contributed by atoms with Crippen LogP contribution < -0.4 is 19.1 Å². The summed E-state index contributed by atoms with van der Waals surface area (Å²) >= 11 is 6.58. The van der Waals surface area contributed by atoms with E-state index in [1.165, 1.54) is 37.3 Å². The molecule has 0 aliphatic rings. The molecule has 0 spiro atoms. The van der Waals surface area contributed by atoms with Gasteiger partial charge in [-0.2, -0.15) is 0 Å². The van der Waals surface area contributed by atoms with Crippen LogP contribution in [0.4, 0.5) is 5.69 Å². The van der Waals surface area contributed by atoms with E-state index >= 15 is 0 Å². The van der Waals surface area contributed by atoms with Gasteiger partial charge in [-0.25, -0.2) is 8.42 Å². The zero-order valence-electron chi connectivity index (χ0n) is 27.7. The minimum absolute atomic E-state index is 0.0124. The van der Waals surface area contributed by atoms with Crippen LogP contribution in [0.3, 0.4) is 0 Å². The molecule has 0 bridgehead atoms. The molecule has 1 N–H and O–H groups in total. The van der Waals surface area contributed by atoms with Gasteiger partial charge in [-0.1, -0.05) is 91.2 Å². The summed E-state index contributed by atoms with van der Waals surface area (Å²) in [4.78, 5) is 30.1. The van der Waals surface area contributed by atoms with Gasteiger partial charge in [0.25, 0.3) is 10.0 Å². The highest BCUT2D eigenvalue weighted by atomic mass is 35.5. The van der Waals surface area contributed by atoms with Crippen molar-refractivity contribution in [3.05, 3.63) is 119 Å². The molecule has 0 fully saturated rings. The van der Waals surface area contributed by atoms with Crippen molar-refractivity contribution in [1.29, 1.82) is 0 Å². The summed E-state index contributed by atoms with van der Waals surface area (Å²) in [5, 5.41) is 3.40. The summed E-state index contributed by atoms with van der Waals surface area (Å²) in [5.41, 5.74) is 2.43. The Balaban J connectivity index is 1.86. The number of unbranched alkanes of at least 4 members (excludes halogenated alkanes) is 1. The van der Waals surface area contributed by atoms with Gasteiger partial charge in [0.1, 0.15) is 24.1 Å². The number of benzene rings is 4. The Morgan fingerprint density at radius 2 is 1.58 bits per heavy atom. The minimum Gasteiger partial charge on any atom is -0.497 e. The van der Waals surface area contributed by atoms with E-state index in [1.807, 2.05) is 44.2 Å². The second-order valence-corrected chi connectivity index (χ2v) is 13.6. The number of aryl methyl sites for hydroxylation is 1. The molecule has 48 heavy (non-hydrogen) atoms. The lowest BCUT2D eigenvalue weighted by atomic mass is 10.0. The van der Waals surface area contributed by atoms with Crippen molar-refractivity contribution < 1.29 is 27.5 Å². The molecule has 4 rings (SSSR count). The lowest BCUT2D eigenvalue weighted by molar-refractivity contribution is -0.140. The monoisotopic (exact) mass is 691 g/mol. The number of nitrogens with one attached hydrogen (secondary N) is 1. The maximum absolute atomic E-state index is 14.7. The van der Waals surface area contributed by atoms with Crippen molar-refractivity contribution in [2.24, 2.45) is 0 Å². The van der Waals surface area contributed by atoms with E-state index in [0.717, 1.165) is 28.3 Å². The standard InChI is InChI=1S/C37H42ClN3O6S/c1-5-6-22-39-37(43)34(23-28-12-8-7-9-13-28)40(25-29-14-10-11-15-32(29)38)36(42)26-41(33-24-30(46-3)18-21-35(33)47-4)48(44,45)31-19-16-27(2)17-20-31/h7-21,24,34H,5-6,22-23,25-26H2,1-4H3,(H,39,43). The molecular formula is C37H42ClN3O6S. The van der Waals surface area contributed by atoms with Crippen LogP contribution in [0.1, 0.15) is 36.5 Å². The van der Waals surface area contributed by atoms with E-state index in [2.05, 4.69) is 5.32 Å². The maximum atomic E-state index is 14.7. The number of ether oxygens (including phenoxy) is 2. The highest BCUT2D eigenvalue weighted by molar-refractivity contribution is 7.92. The molecular weight excluding hydrogens is 650 g/mol. The lowest BCUT2D eigenvalue weighted by Gasteiger charge is -2.34. The number of nitrogens with zero attached hydrogens (tertiary/aromatic N) is 2. The van der Waals surface area contributed by atoms with Crippen molar-refractivity contribution in [3.63, 3.8) is 0 Å². The van der Waals surface area contributed by atoms with Gasteiger partial charge in [-0.3, -0.25) is 13.9 Å². The Morgan fingerprint density at radius 1 is 0.896 bits per heavy atom. The summed E-state index contributed by atoms with van der Waals surface area (Å²) in [7, 11) is -1.45. The molecule has 4 aromatic carbocycles. The number of rotatable bonds is 16. The van der Waals surface area contributed by atoms with E-state index < -0.39 is 28.5 Å². The summed E-state index contributed by atoms with van der Waals surface area (Å²) in [6.45, 7) is 3.64. The molecule has 1 atom stereocenters. The fourth-order valence-electron chi connectivity index (χ4n) is 5.21. The number of amides is 2. The van der Waals surface area contributed by atoms with Crippen LogP contribution in [-0.2, 0) is 32.6 Å². The smallest absolute Gasteiger partial charge is 0.264 e. The molecule has 0 saturated heterocycles. The largest absolute Gasteiger partial charge is 0.497 e. The number of sulfonamides is 1. The van der Waals surface area contributed by atoms with Gasteiger partial charge in [0.2, 0.25) is 11.8 Å². The van der Waals surface area contributed by atoms with Gasteiger partial charge in [0.15, 0.2) is 0 Å². The van der Waals surface area contributed by atoms with E-state index in [0.29, 0.717) is 22.9 Å². The Hall–Kier alpha value is -4.54. The maximum Gasteiger partial charge on any atom is 0.264 e. The van der Waals surface area contributed by atoms with Crippen LogP contribution in [0.15, 0.2) is 102 Å².